The molecule has 3 aliphatic rings. The number of aryl methyl sites for hydroxylation is 2. The normalized spacial score (nSPS) is 16.9. The van der Waals surface area contributed by atoms with E-state index in [0.29, 0.717) is 6.42 Å². The third-order valence-corrected chi connectivity index (χ3v) is 13.0. The molecule has 2 fully saturated rings. The average molecular weight is 812 g/mol. The van der Waals surface area contributed by atoms with Gasteiger partial charge in [0, 0.05) is 16.8 Å². The minimum atomic E-state index is -1.01. The second-order valence-corrected chi connectivity index (χ2v) is 17.3. The summed E-state index contributed by atoms with van der Waals surface area (Å²) in [6.45, 7) is 8.23. The largest absolute Gasteiger partial charge is 0.481 e. The van der Waals surface area contributed by atoms with Crippen LogP contribution in [0.3, 0.4) is 0 Å². The Kier molecular flexibility index (Phi) is 13.8. The van der Waals surface area contributed by atoms with Gasteiger partial charge in [0.05, 0.1) is 17.2 Å². The molecule has 7 nitrogen and oxygen atoms in total. The van der Waals surface area contributed by atoms with Crippen molar-refractivity contribution in [2.75, 3.05) is 32.7 Å². The molecule has 3 heterocycles. The van der Waals surface area contributed by atoms with Gasteiger partial charge in [-0.3, -0.25) is 9.78 Å². The lowest BCUT2D eigenvalue weighted by molar-refractivity contribution is -0.142. The summed E-state index contributed by atoms with van der Waals surface area (Å²) in [6.07, 6.45) is 8.96. The van der Waals surface area contributed by atoms with Crippen molar-refractivity contribution in [2.45, 2.75) is 82.3 Å². The number of carbonyl (C=O) groups is 1. The number of carboxylic acid groups (broad SMARTS) is 1. The van der Waals surface area contributed by atoms with Crippen LogP contribution in [-0.2, 0) is 28.7 Å². The van der Waals surface area contributed by atoms with Crippen molar-refractivity contribution in [3.05, 3.63) is 177 Å². The molecular formula is C51H58ClN3O4. The standard InChI is InChI=1S/C32H39NO4.C19H19ClN2/c1-31(2,30(35)36)25-17-15-24(16-18-25)29(34)14-9-21-33-22-19-28(20-23-33)32(37,26-10-5-3-6-11-26)27-12-7-4-8-13-27;20-16-5-6-17-15(12-16)4-3-14-2-1-9-22-19(14)18(17)13-7-10-21-11-8-13/h3-8,10-13,15-18,28-29,34,37H,9,14,19-23H2,1-2H3,(H,35,36);1-2,5-6,9,12,21H,3-4,7-8,10-11H2. The van der Waals surface area contributed by atoms with E-state index in [1.54, 1.807) is 26.0 Å². The molecule has 1 atom stereocenters. The van der Waals surface area contributed by atoms with E-state index in [1.165, 1.54) is 33.5 Å². The molecule has 1 aliphatic carbocycles. The number of halogens is 1. The number of rotatable bonds is 10. The number of likely N-dealkylation sites (tertiary alicyclic amines) is 1. The van der Waals surface area contributed by atoms with Crippen LogP contribution in [-0.4, -0.2) is 63.9 Å². The molecule has 59 heavy (non-hydrogen) atoms. The van der Waals surface area contributed by atoms with E-state index >= 15 is 0 Å². The molecule has 1 aromatic heterocycles. The summed E-state index contributed by atoms with van der Waals surface area (Å²) < 4.78 is 0. The monoisotopic (exact) mass is 811 g/mol. The third kappa shape index (κ3) is 9.72. The first-order chi connectivity index (χ1) is 28.6. The maximum atomic E-state index is 12.1. The Bertz CT molecular complexity index is 2150. The van der Waals surface area contributed by atoms with Gasteiger partial charge in [0.15, 0.2) is 0 Å². The Hall–Kier alpha value is -4.63. The predicted octanol–water partition coefficient (Wildman–Crippen LogP) is 9.53. The fourth-order valence-electron chi connectivity index (χ4n) is 9.13. The number of aliphatic hydroxyl groups excluding tert-OH is 1. The summed E-state index contributed by atoms with van der Waals surface area (Å²) in [5.74, 6) is -0.733. The maximum absolute atomic E-state index is 12.1. The summed E-state index contributed by atoms with van der Waals surface area (Å²) in [5, 5.41) is 36.4. The molecule has 4 N–H and O–H groups in total. The van der Waals surface area contributed by atoms with Gasteiger partial charge in [0.2, 0.25) is 0 Å². The number of aliphatic hydroxyl groups is 2. The number of aliphatic carboxylic acids is 1. The van der Waals surface area contributed by atoms with Gasteiger partial charge in [0.1, 0.15) is 5.60 Å². The zero-order chi connectivity index (χ0) is 41.4. The highest BCUT2D eigenvalue weighted by molar-refractivity contribution is 6.30. The Morgan fingerprint density at radius 3 is 2.07 bits per heavy atom. The zero-order valence-electron chi connectivity index (χ0n) is 34.4. The smallest absolute Gasteiger partial charge is 0.313 e. The van der Waals surface area contributed by atoms with Crippen LogP contribution in [0, 0.1) is 5.92 Å². The van der Waals surface area contributed by atoms with Crippen molar-refractivity contribution in [3.63, 3.8) is 0 Å². The van der Waals surface area contributed by atoms with Crippen LogP contribution in [0.2, 0.25) is 5.02 Å². The number of nitrogens with zero attached hydrogens (tertiary/aromatic N) is 2. The topological polar surface area (TPSA) is 106 Å². The van der Waals surface area contributed by atoms with E-state index in [2.05, 4.69) is 28.4 Å². The molecule has 0 amide bonds. The summed E-state index contributed by atoms with van der Waals surface area (Å²) in [7, 11) is 0. The number of aromatic nitrogens is 1. The highest BCUT2D eigenvalue weighted by Gasteiger charge is 2.41. The molecule has 1 unspecified atom stereocenters. The van der Waals surface area contributed by atoms with Crippen LogP contribution in [0.5, 0.6) is 0 Å². The Labute approximate surface area is 354 Å². The van der Waals surface area contributed by atoms with E-state index < -0.39 is 23.1 Å². The first-order valence-electron chi connectivity index (χ1n) is 21.3. The second kappa shape index (κ2) is 19.2. The van der Waals surface area contributed by atoms with Gasteiger partial charge in [-0.05, 0) is 161 Å². The van der Waals surface area contributed by atoms with Gasteiger partial charge in [0.25, 0.3) is 0 Å². The van der Waals surface area contributed by atoms with Gasteiger partial charge in [-0.1, -0.05) is 114 Å². The van der Waals surface area contributed by atoms with Crippen LogP contribution in [0.25, 0.3) is 5.57 Å². The molecule has 0 spiro atoms. The fourth-order valence-corrected chi connectivity index (χ4v) is 9.32. The number of pyridine rings is 1. The average Bonchev–Trinajstić information content (AvgIpc) is 3.44. The molecule has 0 radical (unpaired) electrons. The highest BCUT2D eigenvalue weighted by Crippen LogP contribution is 2.42. The Balaban J connectivity index is 0.000000203. The molecule has 8 heteroatoms. The minimum absolute atomic E-state index is 0.132. The molecule has 0 saturated carbocycles. The van der Waals surface area contributed by atoms with Crippen LogP contribution < -0.4 is 5.32 Å². The quantitative estimate of drug-likeness (QED) is 0.111. The zero-order valence-corrected chi connectivity index (χ0v) is 35.2. The van der Waals surface area contributed by atoms with Gasteiger partial charge >= 0.3 is 5.97 Å². The molecule has 308 valence electrons. The molecule has 2 aliphatic heterocycles. The molecular weight excluding hydrogens is 754 g/mol. The van der Waals surface area contributed by atoms with Crippen LogP contribution in [0.4, 0.5) is 0 Å². The van der Waals surface area contributed by atoms with Crippen LogP contribution in [0.1, 0.15) is 103 Å². The first kappa shape index (κ1) is 42.5. The summed E-state index contributed by atoms with van der Waals surface area (Å²) >= 11 is 6.23. The molecule has 5 aromatic rings. The molecule has 8 rings (SSSR count). The summed E-state index contributed by atoms with van der Waals surface area (Å²) in [4.78, 5) is 18.7. The summed E-state index contributed by atoms with van der Waals surface area (Å²) in [5.41, 5.74) is 9.59. The number of carboxylic acids is 1. The van der Waals surface area contributed by atoms with E-state index in [-0.39, 0.29) is 5.92 Å². The lowest BCUT2D eigenvalue weighted by Crippen LogP contribution is -2.44. The highest BCUT2D eigenvalue weighted by atomic mass is 35.5. The van der Waals surface area contributed by atoms with Crippen molar-refractivity contribution < 1.29 is 20.1 Å². The SMILES string of the molecule is CC(C)(C(=O)O)c1ccc(C(O)CCCN2CCC(C(O)(c3ccccc3)c3ccccc3)CC2)cc1.Clc1ccc2c(c1)CCc1cccnc1C2=C1CCNCC1. The maximum Gasteiger partial charge on any atom is 0.313 e. The number of hydrogen-bond donors (Lipinski definition) is 4. The van der Waals surface area contributed by atoms with E-state index in [1.807, 2.05) is 91.1 Å². The van der Waals surface area contributed by atoms with Crippen molar-refractivity contribution in [2.24, 2.45) is 5.92 Å². The summed E-state index contributed by atoms with van der Waals surface area (Å²) in [6, 6.07) is 37.9. The third-order valence-electron chi connectivity index (χ3n) is 12.8. The molecule has 4 aromatic carbocycles. The van der Waals surface area contributed by atoms with Crippen molar-refractivity contribution in [1.29, 1.82) is 0 Å². The number of hydrogen-bond acceptors (Lipinski definition) is 6. The Morgan fingerprint density at radius 1 is 0.814 bits per heavy atom. The number of fused-ring (bicyclic) bond motifs is 2. The van der Waals surface area contributed by atoms with Gasteiger partial charge < -0.3 is 25.5 Å². The van der Waals surface area contributed by atoms with Crippen molar-refractivity contribution in [1.82, 2.24) is 15.2 Å². The lowest BCUT2D eigenvalue weighted by Gasteiger charge is -2.42. The van der Waals surface area contributed by atoms with E-state index in [0.717, 1.165) is 105 Å². The van der Waals surface area contributed by atoms with Crippen molar-refractivity contribution >= 4 is 23.1 Å². The van der Waals surface area contributed by atoms with E-state index in [9.17, 15) is 20.1 Å². The molecule has 2 saturated heterocycles. The number of nitrogens with one attached hydrogen (secondary N) is 1. The fraction of sp³-hybridized carbons (Fsp3) is 0.373. The first-order valence-corrected chi connectivity index (χ1v) is 21.7. The van der Waals surface area contributed by atoms with Crippen LogP contribution >= 0.6 is 11.6 Å². The minimum Gasteiger partial charge on any atom is -0.481 e. The number of benzene rings is 4. The van der Waals surface area contributed by atoms with Gasteiger partial charge in [-0.15, -0.1) is 0 Å². The lowest BCUT2D eigenvalue weighted by atomic mass is 9.72. The van der Waals surface area contributed by atoms with Gasteiger partial charge in [-0.25, -0.2) is 0 Å². The van der Waals surface area contributed by atoms with Gasteiger partial charge in [-0.2, -0.15) is 0 Å². The van der Waals surface area contributed by atoms with E-state index in [4.69, 9.17) is 16.6 Å². The Morgan fingerprint density at radius 2 is 1.44 bits per heavy atom. The van der Waals surface area contributed by atoms with Crippen molar-refractivity contribution in [3.8, 4) is 0 Å². The van der Waals surface area contributed by atoms with Crippen LogP contribution in [0.15, 0.2) is 127 Å². The number of piperidine rings is 2. The molecule has 0 bridgehead atoms. The second-order valence-electron chi connectivity index (χ2n) is 16.9. The predicted molar refractivity (Wildman–Crippen MR) is 238 cm³/mol.